The molecule has 29 heavy (non-hydrogen) atoms. The van der Waals surface area contributed by atoms with Gasteiger partial charge in [0.25, 0.3) is 0 Å². The number of carbonyl (C=O) groups excluding carboxylic acids is 5. The summed E-state index contributed by atoms with van der Waals surface area (Å²) in [6, 6.07) is 0. The van der Waals surface area contributed by atoms with E-state index >= 15 is 0 Å². The fraction of sp³-hybridized carbons (Fsp3) is 0.722. The van der Waals surface area contributed by atoms with Crippen LogP contribution >= 0.6 is 0 Å². The third-order valence-electron chi connectivity index (χ3n) is 3.92. The van der Waals surface area contributed by atoms with E-state index in [0.717, 1.165) is 27.7 Å². The topological polar surface area (TPSA) is 141 Å². The first-order valence-corrected chi connectivity index (χ1v) is 8.98. The van der Waals surface area contributed by atoms with Gasteiger partial charge in [-0.1, -0.05) is 6.92 Å². The molecule has 0 aromatic carbocycles. The van der Waals surface area contributed by atoms with Crippen molar-refractivity contribution in [3.05, 3.63) is 0 Å². The normalized spacial score (nSPS) is 27.2. The van der Waals surface area contributed by atoms with Gasteiger partial charge in [-0.05, 0) is 6.92 Å². The molecule has 0 N–H and O–H groups in total. The Labute approximate surface area is 167 Å². The number of esters is 5. The second-order valence-corrected chi connectivity index (χ2v) is 6.37. The molecule has 164 valence electrons. The summed E-state index contributed by atoms with van der Waals surface area (Å²) in [5.74, 6) is -4.71. The number of hydrogen-bond donors (Lipinski definition) is 0. The molecule has 11 nitrogen and oxygen atoms in total. The highest BCUT2D eigenvalue weighted by Gasteiger charge is 2.54. The van der Waals surface area contributed by atoms with Gasteiger partial charge >= 0.3 is 29.8 Å². The average molecular weight is 418 g/mol. The predicted molar refractivity (Wildman–Crippen MR) is 92.9 cm³/mol. The fourth-order valence-electron chi connectivity index (χ4n) is 2.94. The van der Waals surface area contributed by atoms with Crippen molar-refractivity contribution < 1.29 is 52.4 Å². The summed E-state index contributed by atoms with van der Waals surface area (Å²) in [7, 11) is 0. The van der Waals surface area contributed by atoms with Crippen LogP contribution in [0.2, 0.25) is 0 Å². The van der Waals surface area contributed by atoms with Crippen LogP contribution in [0.5, 0.6) is 0 Å². The third kappa shape index (κ3) is 7.00. The maximum Gasteiger partial charge on any atom is 0.350 e. The van der Waals surface area contributed by atoms with E-state index < -0.39 is 66.5 Å². The highest BCUT2D eigenvalue weighted by molar-refractivity contribution is 5.79. The van der Waals surface area contributed by atoms with Gasteiger partial charge in [0.05, 0.1) is 6.61 Å². The van der Waals surface area contributed by atoms with Gasteiger partial charge in [-0.25, -0.2) is 4.79 Å². The molecule has 0 bridgehead atoms. The van der Waals surface area contributed by atoms with Gasteiger partial charge in [-0.15, -0.1) is 0 Å². The lowest BCUT2D eigenvalue weighted by Gasteiger charge is -2.44. The van der Waals surface area contributed by atoms with Crippen molar-refractivity contribution in [2.75, 3.05) is 6.61 Å². The molecule has 11 heteroatoms. The Morgan fingerprint density at radius 2 is 1.34 bits per heavy atom. The van der Waals surface area contributed by atoms with Crippen molar-refractivity contribution in [1.29, 1.82) is 0 Å². The van der Waals surface area contributed by atoms with Gasteiger partial charge in [-0.2, -0.15) is 0 Å². The predicted octanol–water partition coefficient (Wildman–Crippen LogP) is 0.269. The van der Waals surface area contributed by atoms with Crippen LogP contribution in [0.25, 0.3) is 0 Å². The van der Waals surface area contributed by atoms with Crippen molar-refractivity contribution in [3.63, 3.8) is 0 Å². The second kappa shape index (κ2) is 10.7. The quantitative estimate of drug-likeness (QED) is 0.415. The van der Waals surface area contributed by atoms with Crippen LogP contribution in [0.4, 0.5) is 0 Å². The van der Waals surface area contributed by atoms with E-state index in [-0.39, 0.29) is 6.61 Å². The largest absolute Gasteiger partial charge is 0.463 e. The standard InChI is InChI=1S/C18H26O11/c1-7-24-17(23)15(26-10(4)20)13-8(2)14(25-9(3)19)16(27-11(5)21)18(29-13)28-12(6)22/h8,13-16,18H,7H2,1-6H3/t8-,13+,14+,15-,16-,18+/m0/s1. The number of carbonyl (C=O) groups is 5. The molecule has 0 aromatic rings. The average Bonchev–Trinajstić information content (AvgIpc) is 2.57. The fourth-order valence-corrected chi connectivity index (χ4v) is 2.94. The molecule has 0 aliphatic carbocycles. The maximum atomic E-state index is 12.4. The molecule has 0 radical (unpaired) electrons. The summed E-state index contributed by atoms with van der Waals surface area (Å²) in [6.07, 6.45) is -6.73. The van der Waals surface area contributed by atoms with Crippen molar-refractivity contribution in [1.82, 2.24) is 0 Å². The highest BCUT2D eigenvalue weighted by atomic mass is 16.7. The van der Waals surface area contributed by atoms with Crippen LogP contribution in [-0.2, 0) is 52.4 Å². The number of hydrogen-bond acceptors (Lipinski definition) is 11. The summed E-state index contributed by atoms with van der Waals surface area (Å²) in [6.45, 7) is 7.55. The number of rotatable bonds is 7. The first kappa shape index (κ1) is 24.3. The Morgan fingerprint density at radius 1 is 0.828 bits per heavy atom. The smallest absolute Gasteiger partial charge is 0.350 e. The molecule has 0 unspecified atom stereocenters. The molecule has 0 saturated carbocycles. The molecule has 0 amide bonds. The number of ether oxygens (including phenoxy) is 6. The van der Waals surface area contributed by atoms with Gasteiger partial charge in [-0.3, -0.25) is 19.2 Å². The van der Waals surface area contributed by atoms with E-state index in [9.17, 15) is 24.0 Å². The monoisotopic (exact) mass is 418 g/mol. The lowest BCUT2D eigenvalue weighted by molar-refractivity contribution is -0.293. The minimum atomic E-state index is -1.53. The van der Waals surface area contributed by atoms with Crippen molar-refractivity contribution >= 4 is 29.8 Å². The molecule has 1 aliphatic heterocycles. The van der Waals surface area contributed by atoms with E-state index in [1.165, 1.54) is 6.92 Å². The van der Waals surface area contributed by atoms with Gasteiger partial charge in [0.15, 0.2) is 6.10 Å². The Balaban J connectivity index is 3.36. The van der Waals surface area contributed by atoms with Crippen molar-refractivity contribution in [2.45, 2.75) is 72.2 Å². The summed E-state index contributed by atoms with van der Waals surface area (Å²) in [4.78, 5) is 58.5. The Kier molecular flexibility index (Phi) is 9.02. The lowest BCUT2D eigenvalue weighted by atomic mass is 9.87. The summed E-state index contributed by atoms with van der Waals surface area (Å²) < 4.78 is 31.2. The molecule has 1 fully saturated rings. The summed E-state index contributed by atoms with van der Waals surface area (Å²) in [5, 5.41) is 0. The van der Waals surface area contributed by atoms with E-state index in [4.69, 9.17) is 28.4 Å². The van der Waals surface area contributed by atoms with E-state index in [1.54, 1.807) is 6.92 Å². The first-order valence-electron chi connectivity index (χ1n) is 8.98. The molecule has 1 saturated heterocycles. The third-order valence-corrected chi connectivity index (χ3v) is 3.92. The van der Waals surface area contributed by atoms with E-state index in [0.29, 0.717) is 0 Å². The molecule has 1 aliphatic rings. The SMILES string of the molecule is CCOC(=O)[C@@H](OC(C)=O)[C@@H]1O[C@@H](OC(C)=O)[C@@H](OC(C)=O)[C@H](OC(C)=O)[C@H]1C. The van der Waals surface area contributed by atoms with Gasteiger partial charge in [0, 0.05) is 33.6 Å². The zero-order valence-electron chi connectivity index (χ0n) is 17.2. The molecule has 0 spiro atoms. The van der Waals surface area contributed by atoms with Gasteiger partial charge in [0.1, 0.15) is 6.10 Å². The molecule has 0 aromatic heterocycles. The first-order chi connectivity index (χ1) is 13.5. The minimum Gasteiger partial charge on any atom is -0.463 e. The molecule has 1 heterocycles. The molecule has 1 rings (SSSR count). The van der Waals surface area contributed by atoms with Crippen LogP contribution in [-0.4, -0.2) is 67.2 Å². The second-order valence-electron chi connectivity index (χ2n) is 6.37. The minimum absolute atomic E-state index is 0.00845. The Morgan fingerprint density at radius 3 is 1.79 bits per heavy atom. The van der Waals surface area contributed by atoms with Gasteiger partial charge in [0.2, 0.25) is 18.5 Å². The van der Waals surface area contributed by atoms with Crippen LogP contribution in [0.1, 0.15) is 41.5 Å². The molecular weight excluding hydrogens is 392 g/mol. The lowest BCUT2D eigenvalue weighted by Crippen LogP contribution is -2.61. The van der Waals surface area contributed by atoms with Gasteiger partial charge < -0.3 is 28.4 Å². The summed E-state index contributed by atoms with van der Waals surface area (Å²) >= 11 is 0. The van der Waals surface area contributed by atoms with Crippen molar-refractivity contribution in [2.24, 2.45) is 5.92 Å². The zero-order chi connectivity index (χ0) is 22.3. The van der Waals surface area contributed by atoms with Crippen LogP contribution in [0.15, 0.2) is 0 Å². The maximum absolute atomic E-state index is 12.4. The Hall–Kier alpha value is -2.69. The highest BCUT2D eigenvalue weighted by Crippen LogP contribution is 2.34. The van der Waals surface area contributed by atoms with E-state index in [2.05, 4.69) is 0 Å². The van der Waals surface area contributed by atoms with Crippen LogP contribution < -0.4 is 0 Å². The van der Waals surface area contributed by atoms with E-state index in [1.807, 2.05) is 0 Å². The van der Waals surface area contributed by atoms with Crippen LogP contribution in [0, 0.1) is 5.92 Å². The zero-order valence-corrected chi connectivity index (χ0v) is 17.2. The Bertz CT molecular complexity index is 644. The van der Waals surface area contributed by atoms with Crippen molar-refractivity contribution in [3.8, 4) is 0 Å². The van der Waals surface area contributed by atoms with Crippen LogP contribution in [0.3, 0.4) is 0 Å². The molecular formula is C18H26O11. The molecule has 6 atom stereocenters. The summed E-state index contributed by atoms with van der Waals surface area (Å²) in [5.41, 5.74) is 0.